The number of alkyl halides is 3. The number of carbonyl (C=O) groups excluding carboxylic acids is 1. The van der Waals surface area contributed by atoms with Crippen molar-refractivity contribution >= 4 is 5.91 Å². The molecule has 24 heavy (non-hydrogen) atoms. The molecule has 2 aromatic rings. The van der Waals surface area contributed by atoms with Gasteiger partial charge in [-0.15, -0.1) is 0 Å². The maximum atomic E-state index is 13.6. The molecule has 128 valence electrons. The Morgan fingerprint density at radius 2 is 1.71 bits per heavy atom. The van der Waals surface area contributed by atoms with Crippen molar-refractivity contribution < 1.29 is 18.0 Å². The second-order valence-corrected chi connectivity index (χ2v) is 5.75. The Morgan fingerprint density at radius 1 is 1.08 bits per heavy atom. The lowest BCUT2D eigenvalue weighted by molar-refractivity contribution is -0.143. The zero-order valence-electron chi connectivity index (χ0n) is 13.1. The summed E-state index contributed by atoms with van der Waals surface area (Å²) >= 11 is 0. The lowest BCUT2D eigenvalue weighted by atomic mass is 10.2. The van der Waals surface area contributed by atoms with Gasteiger partial charge in [-0.3, -0.25) is 4.79 Å². The Morgan fingerprint density at radius 3 is 2.29 bits per heavy atom. The summed E-state index contributed by atoms with van der Waals surface area (Å²) in [5, 5.41) is 3.82. The van der Waals surface area contributed by atoms with E-state index >= 15 is 0 Å². The van der Waals surface area contributed by atoms with Crippen molar-refractivity contribution in [3.8, 4) is 5.69 Å². The van der Waals surface area contributed by atoms with Crippen LogP contribution in [0.1, 0.15) is 16.1 Å². The largest absolute Gasteiger partial charge is 0.434 e. The average molecular weight is 338 g/mol. The molecule has 2 heterocycles. The van der Waals surface area contributed by atoms with Crippen LogP contribution in [0.4, 0.5) is 13.2 Å². The molecule has 5 nitrogen and oxygen atoms in total. The molecule has 1 amide bonds. The number of nitrogens with zero attached hydrogens (tertiary/aromatic N) is 4. The van der Waals surface area contributed by atoms with Crippen LogP contribution in [0.25, 0.3) is 5.69 Å². The smallest absolute Gasteiger partial charge is 0.336 e. The van der Waals surface area contributed by atoms with Gasteiger partial charge < -0.3 is 9.80 Å². The molecule has 8 heteroatoms. The van der Waals surface area contributed by atoms with Crippen LogP contribution in [-0.2, 0) is 6.18 Å². The van der Waals surface area contributed by atoms with Crippen molar-refractivity contribution in [3.05, 3.63) is 47.8 Å². The van der Waals surface area contributed by atoms with Crippen LogP contribution in [0, 0.1) is 0 Å². The van der Waals surface area contributed by atoms with E-state index in [9.17, 15) is 18.0 Å². The first-order chi connectivity index (χ1) is 11.4. The minimum Gasteiger partial charge on any atom is -0.336 e. The van der Waals surface area contributed by atoms with E-state index in [0.29, 0.717) is 26.2 Å². The predicted molar refractivity (Wildman–Crippen MR) is 82.0 cm³/mol. The van der Waals surface area contributed by atoms with Gasteiger partial charge in [0.2, 0.25) is 0 Å². The number of aromatic nitrogens is 2. The molecule has 1 fully saturated rings. The molecule has 1 aromatic carbocycles. The molecule has 0 bridgehead atoms. The highest BCUT2D eigenvalue weighted by Gasteiger charge is 2.41. The molecular formula is C16H17F3N4O. The number of carbonyl (C=O) groups is 1. The van der Waals surface area contributed by atoms with Crippen LogP contribution < -0.4 is 0 Å². The molecule has 0 spiro atoms. The van der Waals surface area contributed by atoms with E-state index in [1.807, 2.05) is 11.9 Å². The summed E-state index contributed by atoms with van der Waals surface area (Å²) in [4.78, 5) is 16.0. The van der Waals surface area contributed by atoms with Gasteiger partial charge in [0.15, 0.2) is 5.69 Å². The number of rotatable bonds is 2. The van der Waals surface area contributed by atoms with Gasteiger partial charge in [-0.25, -0.2) is 4.68 Å². The standard InChI is InChI=1S/C16H17F3N4O/c1-21-7-9-22(10-8-21)15(24)13-11-20-23(14(13)16(17,18)19)12-5-3-2-4-6-12/h2-6,11H,7-10H2,1H3. The zero-order valence-corrected chi connectivity index (χ0v) is 13.1. The van der Waals surface area contributed by atoms with Gasteiger partial charge in [-0.2, -0.15) is 18.3 Å². The van der Waals surface area contributed by atoms with Gasteiger partial charge in [0, 0.05) is 26.2 Å². The molecule has 0 unspecified atom stereocenters. The van der Waals surface area contributed by atoms with Crippen molar-refractivity contribution in [1.29, 1.82) is 0 Å². The molecule has 1 aliphatic rings. The Bertz CT molecular complexity index is 719. The van der Waals surface area contributed by atoms with Crippen molar-refractivity contribution in [2.75, 3.05) is 33.2 Å². The van der Waals surface area contributed by atoms with Gasteiger partial charge in [0.05, 0.1) is 17.4 Å². The first-order valence-electron chi connectivity index (χ1n) is 7.56. The van der Waals surface area contributed by atoms with Crippen LogP contribution in [0.3, 0.4) is 0 Å². The molecule has 0 N–H and O–H groups in total. The monoisotopic (exact) mass is 338 g/mol. The molecule has 1 aromatic heterocycles. The predicted octanol–water partition coefficient (Wildman–Crippen LogP) is 2.28. The number of para-hydroxylation sites is 1. The summed E-state index contributed by atoms with van der Waals surface area (Å²) in [7, 11) is 1.91. The van der Waals surface area contributed by atoms with Crippen LogP contribution in [0.2, 0.25) is 0 Å². The number of hydrogen-bond donors (Lipinski definition) is 0. The molecule has 3 rings (SSSR count). The third kappa shape index (κ3) is 3.14. The fourth-order valence-electron chi connectivity index (χ4n) is 2.72. The third-order valence-corrected chi connectivity index (χ3v) is 4.06. The van der Waals surface area contributed by atoms with Gasteiger partial charge in [-0.05, 0) is 19.2 Å². The molecular weight excluding hydrogens is 321 g/mol. The Kier molecular flexibility index (Phi) is 4.31. The van der Waals surface area contributed by atoms with Gasteiger partial charge in [-0.1, -0.05) is 18.2 Å². The fourth-order valence-corrected chi connectivity index (χ4v) is 2.72. The van der Waals surface area contributed by atoms with E-state index in [2.05, 4.69) is 5.10 Å². The Balaban J connectivity index is 2.00. The van der Waals surface area contributed by atoms with Crippen molar-refractivity contribution in [2.24, 2.45) is 0 Å². The van der Waals surface area contributed by atoms with Crippen molar-refractivity contribution in [2.45, 2.75) is 6.18 Å². The van der Waals surface area contributed by atoms with Crippen LogP contribution in [0.5, 0.6) is 0 Å². The van der Waals surface area contributed by atoms with E-state index < -0.39 is 23.3 Å². The number of benzene rings is 1. The van der Waals surface area contributed by atoms with Crippen molar-refractivity contribution in [1.82, 2.24) is 19.6 Å². The van der Waals surface area contributed by atoms with Crippen LogP contribution in [-0.4, -0.2) is 58.7 Å². The quantitative estimate of drug-likeness (QED) is 0.844. The minimum atomic E-state index is -4.68. The number of likely N-dealkylation sites (N-methyl/N-ethyl adjacent to an activating group) is 1. The Hall–Kier alpha value is -2.35. The van der Waals surface area contributed by atoms with Crippen LogP contribution in [0.15, 0.2) is 36.5 Å². The first kappa shape index (κ1) is 16.5. The van der Waals surface area contributed by atoms with E-state index in [1.54, 1.807) is 18.2 Å². The van der Waals surface area contributed by atoms with Gasteiger partial charge in [0.25, 0.3) is 5.91 Å². The number of amides is 1. The summed E-state index contributed by atoms with van der Waals surface area (Å²) in [6.07, 6.45) is -3.67. The Labute approximate surface area is 137 Å². The first-order valence-corrected chi connectivity index (χ1v) is 7.56. The molecule has 0 atom stereocenters. The highest BCUT2D eigenvalue weighted by molar-refractivity contribution is 5.95. The molecule has 1 aliphatic heterocycles. The van der Waals surface area contributed by atoms with E-state index in [-0.39, 0.29) is 5.69 Å². The number of piperazine rings is 1. The maximum absolute atomic E-state index is 13.6. The number of hydrogen-bond acceptors (Lipinski definition) is 3. The second-order valence-electron chi connectivity index (χ2n) is 5.75. The second kappa shape index (κ2) is 6.27. The highest BCUT2D eigenvalue weighted by atomic mass is 19.4. The average Bonchev–Trinajstić information content (AvgIpc) is 3.01. The molecule has 1 saturated heterocycles. The maximum Gasteiger partial charge on any atom is 0.434 e. The molecule has 0 radical (unpaired) electrons. The summed E-state index contributed by atoms with van der Waals surface area (Å²) in [6, 6.07) is 7.99. The van der Waals surface area contributed by atoms with E-state index in [0.717, 1.165) is 10.9 Å². The lowest BCUT2D eigenvalue weighted by Crippen LogP contribution is -2.47. The van der Waals surface area contributed by atoms with E-state index in [1.165, 1.54) is 17.0 Å². The minimum absolute atomic E-state index is 0.266. The highest BCUT2D eigenvalue weighted by Crippen LogP contribution is 2.34. The normalized spacial score (nSPS) is 16.4. The molecule has 0 aliphatic carbocycles. The summed E-state index contributed by atoms with van der Waals surface area (Å²) < 4.78 is 41.5. The fraction of sp³-hybridized carbons (Fsp3) is 0.375. The third-order valence-electron chi connectivity index (χ3n) is 4.06. The number of halogens is 3. The lowest BCUT2D eigenvalue weighted by Gasteiger charge is -2.32. The zero-order chi connectivity index (χ0) is 17.3. The van der Waals surface area contributed by atoms with Crippen molar-refractivity contribution in [3.63, 3.8) is 0 Å². The summed E-state index contributed by atoms with van der Waals surface area (Å²) in [6.45, 7) is 2.09. The topological polar surface area (TPSA) is 41.4 Å². The SMILES string of the molecule is CN1CCN(C(=O)c2cnn(-c3ccccc3)c2C(F)(F)F)CC1. The molecule has 0 saturated carbocycles. The van der Waals surface area contributed by atoms with Gasteiger partial charge >= 0.3 is 6.18 Å². The van der Waals surface area contributed by atoms with Gasteiger partial charge in [0.1, 0.15) is 0 Å². The van der Waals surface area contributed by atoms with E-state index in [4.69, 9.17) is 0 Å². The summed E-state index contributed by atoms with van der Waals surface area (Å²) in [5.41, 5.74) is -1.17. The summed E-state index contributed by atoms with van der Waals surface area (Å²) in [5.74, 6) is -0.627. The van der Waals surface area contributed by atoms with Crippen LogP contribution >= 0.6 is 0 Å².